The lowest BCUT2D eigenvalue weighted by atomic mass is 9.98. The van der Waals surface area contributed by atoms with Crippen LogP contribution in [0, 0.1) is 5.82 Å². The fourth-order valence-electron chi connectivity index (χ4n) is 3.48. The van der Waals surface area contributed by atoms with Gasteiger partial charge in [0, 0.05) is 12.6 Å². The maximum atomic E-state index is 13.7. The van der Waals surface area contributed by atoms with E-state index >= 15 is 0 Å². The SMILES string of the molecule is CC(C)N(CC(=O)NCc1ccc(-c2ccccc2)cc1C(F)(F)F)S(=O)(=O)c1ccc(F)cc1. The zero-order valence-corrected chi connectivity index (χ0v) is 19.8. The van der Waals surface area contributed by atoms with Gasteiger partial charge in [0.1, 0.15) is 5.82 Å². The van der Waals surface area contributed by atoms with E-state index in [1.165, 1.54) is 12.1 Å². The number of halogens is 4. The van der Waals surface area contributed by atoms with Gasteiger partial charge < -0.3 is 5.32 Å². The minimum atomic E-state index is -4.65. The zero-order chi connectivity index (χ0) is 25.8. The van der Waals surface area contributed by atoms with Gasteiger partial charge in [-0.15, -0.1) is 0 Å². The van der Waals surface area contributed by atoms with Gasteiger partial charge in [0.05, 0.1) is 17.0 Å². The maximum absolute atomic E-state index is 13.7. The van der Waals surface area contributed by atoms with Crippen LogP contribution in [0.25, 0.3) is 11.1 Å². The zero-order valence-electron chi connectivity index (χ0n) is 19.0. The Morgan fingerprint density at radius 3 is 2.14 bits per heavy atom. The number of hydrogen-bond donors (Lipinski definition) is 1. The van der Waals surface area contributed by atoms with Crippen LogP contribution < -0.4 is 5.32 Å². The van der Waals surface area contributed by atoms with E-state index in [2.05, 4.69) is 5.32 Å². The highest BCUT2D eigenvalue weighted by Crippen LogP contribution is 2.35. The molecule has 3 rings (SSSR count). The van der Waals surface area contributed by atoms with Gasteiger partial charge in [0.25, 0.3) is 0 Å². The molecule has 0 fully saturated rings. The average molecular weight is 509 g/mol. The lowest BCUT2D eigenvalue weighted by molar-refractivity contribution is -0.138. The van der Waals surface area contributed by atoms with Crippen LogP contribution in [0.2, 0.25) is 0 Å². The Hall–Kier alpha value is -3.24. The molecule has 0 saturated carbocycles. The van der Waals surface area contributed by atoms with Crippen molar-refractivity contribution in [1.82, 2.24) is 9.62 Å². The van der Waals surface area contributed by atoms with Crippen LogP contribution in [0.3, 0.4) is 0 Å². The number of alkyl halides is 3. The van der Waals surface area contributed by atoms with Gasteiger partial charge in [-0.3, -0.25) is 4.79 Å². The minimum absolute atomic E-state index is 0.150. The largest absolute Gasteiger partial charge is 0.416 e. The summed E-state index contributed by atoms with van der Waals surface area (Å²) in [6, 6.07) is 16.0. The Morgan fingerprint density at radius 2 is 1.57 bits per heavy atom. The van der Waals surface area contributed by atoms with Crippen LogP contribution in [-0.2, 0) is 27.5 Å². The second-order valence-electron chi connectivity index (χ2n) is 8.11. The van der Waals surface area contributed by atoms with Crippen molar-refractivity contribution >= 4 is 15.9 Å². The Morgan fingerprint density at radius 1 is 0.943 bits per heavy atom. The summed E-state index contributed by atoms with van der Waals surface area (Å²) in [5.41, 5.74) is -0.0432. The fourth-order valence-corrected chi connectivity index (χ4v) is 5.08. The van der Waals surface area contributed by atoms with Gasteiger partial charge in [-0.2, -0.15) is 17.5 Å². The molecule has 0 radical (unpaired) electrons. The highest BCUT2D eigenvalue weighted by molar-refractivity contribution is 7.89. The molecule has 1 amide bonds. The number of nitrogens with one attached hydrogen (secondary N) is 1. The first-order valence-corrected chi connectivity index (χ1v) is 12.1. The maximum Gasteiger partial charge on any atom is 0.416 e. The van der Waals surface area contributed by atoms with E-state index in [1.54, 1.807) is 44.2 Å². The van der Waals surface area contributed by atoms with E-state index in [1.807, 2.05) is 0 Å². The van der Waals surface area contributed by atoms with Crippen molar-refractivity contribution in [3.05, 3.63) is 89.7 Å². The number of sulfonamides is 1. The Bertz CT molecular complexity index is 1280. The smallest absolute Gasteiger partial charge is 0.351 e. The molecule has 0 aliphatic carbocycles. The molecule has 0 spiro atoms. The van der Waals surface area contributed by atoms with Gasteiger partial charge in [0.2, 0.25) is 15.9 Å². The molecule has 0 aliphatic rings. The molecule has 35 heavy (non-hydrogen) atoms. The summed E-state index contributed by atoms with van der Waals surface area (Å²) in [7, 11) is -4.14. The Kier molecular flexibility index (Phi) is 7.97. The molecule has 0 unspecified atom stereocenters. The van der Waals surface area contributed by atoms with E-state index in [0.717, 1.165) is 34.6 Å². The van der Waals surface area contributed by atoms with Gasteiger partial charge in [-0.25, -0.2) is 12.8 Å². The van der Waals surface area contributed by atoms with E-state index in [4.69, 9.17) is 0 Å². The Labute approximate surface area is 201 Å². The Balaban J connectivity index is 1.78. The van der Waals surface area contributed by atoms with Crippen molar-refractivity contribution in [3.8, 4) is 11.1 Å². The molecule has 10 heteroatoms. The summed E-state index contributed by atoms with van der Waals surface area (Å²) in [5, 5.41) is 2.38. The van der Waals surface area contributed by atoms with Gasteiger partial charge in [-0.05, 0) is 60.9 Å². The number of benzene rings is 3. The second kappa shape index (κ2) is 10.6. The molecular formula is C25H24F4N2O3S. The normalized spacial score (nSPS) is 12.2. The summed E-state index contributed by atoms with van der Waals surface area (Å²) < 4.78 is 81.1. The molecule has 1 N–H and O–H groups in total. The standard InChI is InChI=1S/C25H24F4N2O3S/c1-17(2)31(35(33,34)22-12-10-21(26)11-13-22)16-24(32)30-15-20-9-8-19(14-23(20)25(27,28)29)18-6-4-3-5-7-18/h3-14,17H,15-16H2,1-2H3,(H,30,32). The average Bonchev–Trinajstić information content (AvgIpc) is 2.81. The summed E-state index contributed by atoms with van der Waals surface area (Å²) in [4.78, 5) is 12.4. The van der Waals surface area contributed by atoms with E-state index in [-0.39, 0.29) is 10.5 Å². The molecular weight excluding hydrogens is 484 g/mol. The van der Waals surface area contributed by atoms with E-state index in [9.17, 15) is 30.8 Å². The minimum Gasteiger partial charge on any atom is -0.351 e. The molecule has 0 aliphatic heterocycles. The van der Waals surface area contributed by atoms with Crippen molar-refractivity contribution in [1.29, 1.82) is 0 Å². The van der Waals surface area contributed by atoms with E-state index < -0.39 is 52.6 Å². The third-order valence-electron chi connectivity index (χ3n) is 5.29. The number of amides is 1. The third kappa shape index (κ3) is 6.46. The molecule has 0 bridgehead atoms. The van der Waals surface area contributed by atoms with Crippen LogP contribution in [0.15, 0.2) is 77.7 Å². The van der Waals surface area contributed by atoms with Crippen LogP contribution in [-0.4, -0.2) is 31.2 Å². The number of carbonyl (C=O) groups is 1. The molecule has 0 heterocycles. The monoisotopic (exact) mass is 508 g/mol. The number of rotatable bonds is 8. The first kappa shape index (κ1) is 26.4. The van der Waals surface area contributed by atoms with Gasteiger partial charge >= 0.3 is 6.18 Å². The summed E-state index contributed by atoms with van der Waals surface area (Å²) in [6.45, 7) is 2.06. The lowest BCUT2D eigenvalue weighted by Gasteiger charge is -2.25. The molecule has 0 atom stereocenters. The van der Waals surface area contributed by atoms with Crippen molar-refractivity contribution in [2.24, 2.45) is 0 Å². The highest BCUT2D eigenvalue weighted by Gasteiger charge is 2.34. The van der Waals surface area contributed by atoms with Gasteiger partial charge in [0.15, 0.2) is 0 Å². The van der Waals surface area contributed by atoms with Crippen LogP contribution >= 0.6 is 0 Å². The van der Waals surface area contributed by atoms with Crippen LogP contribution in [0.1, 0.15) is 25.0 Å². The molecule has 5 nitrogen and oxygen atoms in total. The molecule has 186 valence electrons. The number of nitrogens with zero attached hydrogens (tertiary/aromatic N) is 1. The lowest BCUT2D eigenvalue weighted by Crippen LogP contribution is -2.44. The van der Waals surface area contributed by atoms with Gasteiger partial charge in [-0.1, -0.05) is 42.5 Å². The van der Waals surface area contributed by atoms with Crippen molar-refractivity contribution < 1.29 is 30.8 Å². The molecule has 0 saturated heterocycles. The van der Waals surface area contributed by atoms with Crippen molar-refractivity contribution in [2.45, 2.75) is 37.5 Å². The number of hydrogen-bond acceptors (Lipinski definition) is 3. The first-order chi connectivity index (χ1) is 16.4. The highest BCUT2D eigenvalue weighted by atomic mass is 32.2. The first-order valence-electron chi connectivity index (χ1n) is 10.7. The van der Waals surface area contributed by atoms with Crippen molar-refractivity contribution in [2.75, 3.05) is 6.54 Å². The van der Waals surface area contributed by atoms with Crippen LogP contribution in [0.4, 0.5) is 17.6 Å². The topological polar surface area (TPSA) is 66.5 Å². The molecule has 3 aromatic rings. The van der Waals surface area contributed by atoms with Crippen molar-refractivity contribution in [3.63, 3.8) is 0 Å². The summed E-state index contributed by atoms with van der Waals surface area (Å²) >= 11 is 0. The van der Waals surface area contributed by atoms with E-state index in [0.29, 0.717) is 11.1 Å². The number of carbonyl (C=O) groups excluding carboxylic acids is 1. The summed E-state index contributed by atoms with van der Waals surface area (Å²) in [6.07, 6.45) is -4.65. The summed E-state index contributed by atoms with van der Waals surface area (Å²) in [5.74, 6) is -1.39. The predicted molar refractivity (Wildman–Crippen MR) is 124 cm³/mol. The van der Waals surface area contributed by atoms with Crippen LogP contribution in [0.5, 0.6) is 0 Å². The second-order valence-corrected chi connectivity index (χ2v) is 10.0. The third-order valence-corrected chi connectivity index (χ3v) is 7.33. The fraction of sp³-hybridized carbons (Fsp3) is 0.240. The predicted octanol–water partition coefficient (Wildman–Crippen LogP) is 5.23. The molecule has 3 aromatic carbocycles. The molecule has 0 aromatic heterocycles. The quantitative estimate of drug-likeness (QED) is 0.424.